The summed E-state index contributed by atoms with van der Waals surface area (Å²) >= 11 is 0. The maximum atomic E-state index is 14.9. The number of rotatable bonds is 4. The number of nitriles is 1. The lowest BCUT2D eigenvalue weighted by Crippen LogP contribution is -2.59. The van der Waals surface area contributed by atoms with Crippen LogP contribution >= 0.6 is 0 Å². The van der Waals surface area contributed by atoms with Crippen molar-refractivity contribution in [2.45, 2.75) is 37.0 Å². The van der Waals surface area contributed by atoms with Gasteiger partial charge in [0.15, 0.2) is 0 Å². The molecule has 0 bridgehead atoms. The minimum atomic E-state index is -3.06. The Labute approximate surface area is 195 Å². The molecule has 0 radical (unpaired) electrons. The van der Waals surface area contributed by atoms with Crippen LogP contribution < -0.4 is 11.1 Å². The smallest absolute Gasteiger partial charge is 0.275 e. The number of pyridine rings is 2. The number of hydrogen-bond acceptors (Lipinski definition) is 8. The highest BCUT2D eigenvalue weighted by atomic mass is 32.2. The lowest BCUT2D eigenvalue weighted by molar-refractivity contribution is 0.102. The average molecular weight is 488 g/mol. The molecule has 1 amide bonds. The second-order valence-corrected chi connectivity index (χ2v) is 11.3. The van der Waals surface area contributed by atoms with Gasteiger partial charge in [0.2, 0.25) is 0 Å². The van der Waals surface area contributed by atoms with E-state index >= 15 is 0 Å². The number of fused-ring (bicyclic) bond motifs is 1. The fourth-order valence-corrected chi connectivity index (χ4v) is 7.15. The summed E-state index contributed by atoms with van der Waals surface area (Å²) in [5.74, 6) is -2.00. The fourth-order valence-electron chi connectivity index (χ4n) is 4.27. The highest BCUT2D eigenvalue weighted by molar-refractivity contribution is 7.95. The topological polar surface area (TPSA) is 146 Å². The summed E-state index contributed by atoms with van der Waals surface area (Å²) in [6.07, 6.45) is 2.41. The highest BCUT2D eigenvalue weighted by Crippen LogP contribution is 2.42. The van der Waals surface area contributed by atoms with Crippen molar-refractivity contribution >= 4 is 27.3 Å². The van der Waals surface area contributed by atoms with E-state index in [-0.39, 0.29) is 23.1 Å². The Hall–Kier alpha value is -3.46. The first-order valence-corrected chi connectivity index (χ1v) is 12.2. The van der Waals surface area contributed by atoms with E-state index < -0.39 is 44.1 Å². The normalized spacial score (nSPS) is 28.1. The van der Waals surface area contributed by atoms with E-state index in [1.54, 1.807) is 13.8 Å². The molecule has 12 heteroatoms. The first kappa shape index (κ1) is 23.7. The third-order valence-electron chi connectivity index (χ3n) is 6.30. The molecule has 2 aliphatic rings. The summed E-state index contributed by atoms with van der Waals surface area (Å²) in [6.45, 7) is 2.44. The van der Waals surface area contributed by atoms with Crippen LogP contribution in [0.4, 0.5) is 14.6 Å². The van der Waals surface area contributed by atoms with Crippen molar-refractivity contribution in [2.24, 2.45) is 15.1 Å². The zero-order chi connectivity index (χ0) is 24.7. The number of amidine groups is 1. The largest absolute Gasteiger partial charge is 0.386 e. The fraction of sp³-hybridized carbons (Fsp3) is 0.409. The molecule has 9 nitrogen and oxygen atoms in total. The van der Waals surface area contributed by atoms with E-state index in [2.05, 4.69) is 24.6 Å². The maximum absolute atomic E-state index is 14.9. The third kappa shape index (κ3) is 3.69. The Kier molecular flexibility index (Phi) is 5.85. The number of aliphatic imine (C=N–C) groups is 1. The molecule has 0 aromatic carbocycles. The van der Waals surface area contributed by atoms with Crippen molar-refractivity contribution in [3.8, 4) is 6.07 Å². The number of nitrogens with two attached hydrogens (primary N) is 1. The van der Waals surface area contributed by atoms with Crippen LogP contribution in [-0.2, 0) is 15.3 Å². The van der Waals surface area contributed by atoms with Gasteiger partial charge in [-0.3, -0.25) is 9.79 Å². The second-order valence-electron chi connectivity index (χ2n) is 8.62. The molecular weight excluding hydrogens is 464 g/mol. The van der Waals surface area contributed by atoms with Crippen molar-refractivity contribution < 1.29 is 17.8 Å². The van der Waals surface area contributed by atoms with Crippen LogP contribution in [0.5, 0.6) is 0 Å². The van der Waals surface area contributed by atoms with Crippen molar-refractivity contribution in [1.82, 2.24) is 9.97 Å². The van der Waals surface area contributed by atoms with Crippen LogP contribution in [0.15, 0.2) is 33.8 Å². The molecule has 178 valence electrons. The summed E-state index contributed by atoms with van der Waals surface area (Å²) in [4.78, 5) is 25.1. The summed E-state index contributed by atoms with van der Waals surface area (Å²) in [6, 6.07) is 5.68. The highest BCUT2D eigenvalue weighted by Gasteiger charge is 2.54. The lowest BCUT2D eigenvalue weighted by Gasteiger charge is -2.44. The monoisotopic (exact) mass is 487 g/mol. The number of alkyl halides is 1. The van der Waals surface area contributed by atoms with Crippen LogP contribution in [-0.4, -0.2) is 49.6 Å². The van der Waals surface area contributed by atoms with E-state index in [4.69, 9.17) is 11.0 Å². The van der Waals surface area contributed by atoms with Gasteiger partial charge in [-0.15, -0.1) is 0 Å². The van der Waals surface area contributed by atoms with Gasteiger partial charge in [0, 0.05) is 12.7 Å². The van der Waals surface area contributed by atoms with Gasteiger partial charge >= 0.3 is 0 Å². The van der Waals surface area contributed by atoms with Gasteiger partial charge in [-0.05, 0) is 50.5 Å². The van der Waals surface area contributed by atoms with Crippen LogP contribution in [0.25, 0.3) is 0 Å². The molecule has 4 rings (SSSR count). The number of aromatic nitrogens is 2. The number of nitrogens with zero attached hydrogens (tertiary/aromatic N) is 5. The number of carbonyl (C=O) groups excluding carboxylic acids is 1. The molecule has 34 heavy (non-hydrogen) atoms. The summed E-state index contributed by atoms with van der Waals surface area (Å²) < 4.78 is 46.5. The molecule has 2 aromatic heterocycles. The quantitative estimate of drug-likeness (QED) is 0.678. The van der Waals surface area contributed by atoms with Crippen LogP contribution in [0.2, 0.25) is 0 Å². The predicted octanol–water partition coefficient (Wildman–Crippen LogP) is 2.60. The Morgan fingerprint density at radius 3 is 2.85 bits per heavy atom. The molecule has 3 atom stereocenters. The number of amides is 1. The minimum Gasteiger partial charge on any atom is -0.386 e. The molecule has 0 saturated carbocycles. The predicted molar refractivity (Wildman–Crippen MR) is 123 cm³/mol. The van der Waals surface area contributed by atoms with Gasteiger partial charge in [-0.1, -0.05) is 0 Å². The number of hydrogen-bond donors (Lipinski definition) is 2. The number of anilines is 1. The Balaban J connectivity index is 1.74. The summed E-state index contributed by atoms with van der Waals surface area (Å²) in [5, 5.41) is 11.5. The van der Waals surface area contributed by atoms with E-state index in [0.717, 1.165) is 6.07 Å². The minimum absolute atomic E-state index is 0.0436. The molecule has 2 aromatic rings. The van der Waals surface area contributed by atoms with Gasteiger partial charge in [-0.2, -0.15) is 5.26 Å². The van der Waals surface area contributed by atoms with Gasteiger partial charge in [0.25, 0.3) is 5.91 Å². The van der Waals surface area contributed by atoms with Gasteiger partial charge in [-0.25, -0.2) is 27.3 Å². The van der Waals surface area contributed by atoms with Crippen LogP contribution in [0.1, 0.15) is 47.1 Å². The molecule has 3 N–H and O–H groups in total. The number of carbonyl (C=O) groups is 1. The van der Waals surface area contributed by atoms with Crippen molar-refractivity contribution in [2.75, 3.05) is 24.3 Å². The standard InChI is InChI=1S/C22H23F2N7O2S/c1-13-8-14(9-25)10-27-17(13)19(32)30-16-5-4-15(24)18(29-16)22(11-23)12-34(33)21(2,20(26)31-22)6-3-7-28-34/h4-5,8,10H,3,6-7,11-12H2,1-2H3,(H2,26,31)(H,29,30,32). The SMILES string of the molecule is Cc1cc(C#N)cnc1C(=O)Nc1ccc(F)c(C2(CF)CS3(=O)=NCCCC3(C)C(N)=N2)n1. The first-order chi connectivity index (χ1) is 16.1. The number of aryl methyl sites for hydroxylation is 1. The van der Waals surface area contributed by atoms with Crippen molar-refractivity contribution in [1.29, 1.82) is 5.26 Å². The molecule has 0 saturated heterocycles. The van der Waals surface area contributed by atoms with Crippen molar-refractivity contribution in [3.63, 3.8) is 0 Å². The van der Waals surface area contributed by atoms with Crippen LogP contribution in [0, 0.1) is 24.1 Å². The van der Waals surface area contributed by atoms with Gasteiger partial charge in [0.05, 0.1) is 21.0 Å². The first-order valence-electron chi connectivity index (χ1n) is 10.5. The zero-order valence-corrected chi connectivity index (χ0v) is 19.5. The number of halogens is 2. The van der Waals surface area contributed by atoms with Gasteiger partial charge in [0.1, 0.15) is 51.9 Å². The molecule has 0 fully saturated rings. The lowest BCUT2D eigenvalue weighted by atomic mass is 9.95. The Morgan fingerprint density at radius 1 is 1.41 bits per heavy atom. The van der Waals surface area contributed by atoms with E-state index in [1.165, 1.54) is 18.3 Å². The Bertz CT molecular complexity index is 1380. The van der Waals surface area contributed by atoms with Gasteiger partial charge < -0.3 is 11.1 Å². The van der Waals surface area contributed by atoms with E-state index in [0.29, 0.717) is 30.5 Å². The zero-order valence-electron chi connectivity index (χ0n) is 18.6. The molecule has 2 aliphatic heterocycles. The number of nitrogens with one attached hydrogen (secondary N) is 1. The van der Waals surface area contributed by atoms with E-state index in [1.807, 2.05) is 6.07 Å². The molecule has 4 heterocycles. The third-order valence-corrected chi connectivity index (χ3v) is 9.59. The molecule has 0 aliphatic carbocycles. The maximum Gasteiger partial charge on any atom is 0.275 e. The summed E-state index contributed by atoms with van der Waals surface area (Å²) in [7, 11) is -3.06. The van der Waals surface area contributed by atoms with Crippen molar-refractivity contribution in [3.05, 3.63) is 52.7 Å². The molecular formula is C22H23F2N7O2S. The average Bonchev–Trinajstić information content (AvgIpc) is 2.81. The van der Waals surface area contributed by atoms with Crippen LogP contribution in [0.3, 0.4) is 0 Å². The summed E-state index contributed by atoms with van der Waals surface area (Å²) in [5.41, 5.74) is 4.63. The second kappa shape index (κ2) is 8.39. The molecule has 3 unspecified atom stereocenters. The Morgan fingerprint density at radius 2 is 2.18 bits per heavy atom. The molecule has 0 spiro atoms. The van der Waals surface area contributed by atoms with E-state index in [9.17, 15) is 17.8 Å².